The Morgan fingerprint density at radius 2 is 1.82 bits per heavy atom. The van der Waals surface area contributed by atoms with Crippen LogP contribution in [0.25, 0.3) is 5.70 Å². The van der Waals surface area contributed by atoms with E-state index in [1.165, 1.54) is 27.6 Å². The molecule has 2 saturated carbocycles. The van der Waals surface area contributed by atoms with E-state index in [9.17, 15) is 32.0 Å². The number of amides is 4. The van der Waals surface area contributed by atoms with Crippen LogP contribution in [0.1, 0.15) is 74.5 Å². The van der Waals surface area contributed by atoms with E-state index in [1.54, 1.807) is 12.1 Å². The third kappa shape index (κ3) is 7.99. The third-order valence-corrected chi connectivity index (χ3v) is 14.1. The predicted octanol–water partition coefficient (Wildman–Crippen LogP) is 3.83. The zero-order valence-corrected chi connectivity index (χ0v) is 31.9. The first-order valence-electron chi connectivity index (χ1n) is 19.0. The Morgan fingerprint density at radius 3 is 2.60 bits per heavy atom. The third-order valence-electron chi connectivity index (χ3n) is 11.3. The summed E-state index contributed by atoms with van der Waals surface area (Å²) in [6.07, 6.45) is 7.01. The molecule has 4 amide bonds. The first-order valence-corrected chi connectivity index (χ1v) is 21.5. The number of nitrogens with zero attached hydrogens (tertiary/aromatic N) is 2. The van der Waals surface area contributed by atoms with Crippen LogP contribution in [0.2, 0.25) is 0 Å². The van der Waals surface area contributed by atoms with Crippen LogP contribution < -0.4 is 20.7 Å². The Hall–Kier alpha value is -4.41. The molecule has 6 atom stereocenters. The molecule has 8 rings (SSSR count). The summed E-state index contributed by atoms with van der Waals surface area (Å²) in [6.45, 7) is 0.124. The molecule has 3 fully saturated rings. The molecule has 13 nitrogen and oxygen atoms in total. The van der Waals surface area contributed by atoms with Gasteiger partial charge in [-0.25, -0.2) is 17.6 Å². The second kappa shape index (κ2) is 15.3. The summed E-state index contributed by atoms with van der Waals surface area (Å²) < 4.78 is 48.3. The standard InChI is InChI=1S/C39H45FN6O7S2/c40-30-14-9-12-25-20-45(22-29(25)30)38(50)53-27-18-33-34(47)43-39(36(49)44-55(51,52)28-16-17-28)19-26(39)13-7-2-1-3-8-15-31(35(48)46(33)21-27)41-37-42-32(23-54-37)24-10-5-4-6-11-24/h4-7,9-14,23,26-28,31,33,37,41-42H,1-3,8,15-22H2,(H,43,47)(H,44,49)/b13-7-/t26-,27-,31+,33+,37?,39-/m1/s1. The lowest BCUT2D eigenvalue weighted by molar-refractivity contribution is -0.141. The molecule has 55 heavy (non-hydrogen) atoms. The fourth-order valence-corrected chi connectivity index (χ4v) is 10.3. The van der Waals surface area contributed by atoms with Gasteiger partial charge in [-0.2, -0.15) is 0 Å². The van der Waals surface area contributed by atoms with Gasteiger partial charge in [0.05, 0.1) is 24.4 Å². The second-order valence-corrected chi connectivity index (χ2v) is 18.2. The number of ether oxygens (including phenoxy) is 1. The van der Waals surface area contributed by atoms with Crippen LogP contribution in [0.4, 0.5) is 9.18 Å². The van der Waals surface area contributed by atoms with E-state index in [-0.39, 0.29) is 43.9 Å². The Bertz CT molecular complexity index is 2030. The van der Waals surface area contributed by atoms with Crippen molar-refractivity contribution >= 4 is 51.3 Å². The summed E-state index contributed by atoms with van der Waals surface area (Å²) in [4.78, 5) is 59.0. The molecule has 2 aromatic rings. The highest BCUT2D eigenvalue weighted by Crippen LogP contribution is 2.46. The highest BCUT2D eigenvalue weighted by molar-refractivity contribution is 8.03. The number of hydrogen-bond donors (Lipinski definition) is 4. The maximum Gasteiger partial charge on any atom is 0.410 e. The molecular formula is C39H45FN6O7S2. The summed E-state index contributed by atoms with van der Waals surface area (Å²) in [6, 6.07) is 12.7. The van der Waals surface area contributed by atoms with E-state index < -0.39 is 68.6 Å². The van der Waals surface area contributed by atoms with Gasteiger partial charge < -0.3 is 20.3 Å². The van der Waals surface area contributed by atoms with Crippen LogP contribution in [0.15, 0.2) is 66.1 Å². The Balaban J connectivity index is 1.03. The van der Waals surface area contributed by atoms with E-state index in [0.29, 0.717) is 30.4 Å². The van der Waals surface area contributed by atoms with Crippen LogP contribution in [0, 0.1) is 11.7 Å². The molecule has 4 N–H and O–H groups in total. The smallest absolute Gasteiger partial charge is 0.410 e. The number of carbonyl (C=O) groups is 4. The van der Waals surface area contributed by atoms with E-state index in [1.807, 2.05) is 47.9 Å². The van der Waals surface area contributed by atoms with Crippen molar-refractivity contribution in [1.29, 1.82) is 0 Å². The van der Waals surface area contributed by atoms with Gasteiger partial charge in [0.2, 0.25) is 21.8 Å². The highest BCUT2D eigenvalue weighted by Gasteiger charge is 2.62. The molecular weight excluding hydrogens is 748 g/mol. The summed E-state index contributed by atoms with van der Waals surface area (Å²) in [5, 5.41) is 11.2. The predicted molar refractivity (Wildman–Crippen MR) is 203 cm³/mol. The van der Waals surface area contributed by atoms with Gasteiger partial charge in [0.15, 0.2) is 0 Å². The number of halogens is 1. The molecule has 4 heterocycles. The molecule has 0 radical (unpaired) electrons. The quantitative estimate of drug-likeness (QED) is 0.303. The number of allylic oxidation sites excluding steroid dienone is 1. The van der Waals surface area contributed by atoms with Crippen molar-refractivity contribution in [2.24, 2.45) is 5.92 Å². The minimum atomic E-state index is -3.90. The van der Waals surface area contributed by atoms with Crippen molar-refractivity contribution in [2.75, 3.05) is 6.54 Å². The number of nitrogens with one attached hydrogen (secondary N) is 4. The largest absolute Gasteiger partial charge is 0.444 e. The van der Waals surface area contributed by atoms with Crippen molar-refractivity contribution in [3.8, 4) is 0 Å². The van der Waals surface area contributed by atoms with Crippen molar-refractivity contribution in [2.45, 2.75) is 105 Å². The normalized spacial score (nSPS) is 30.1. The Kier molecular flexibility index (Phi) is 10.4. The van der Waals surface area contributed by atoms with Gasteiger partial charge in [0.1, 0.15) is 29.0 Å². The van der Waals surface area contributed by atoms with Crippen LogP contribution in [0.3, 0.4) is 0 Å². The lowest BCUT2D eigenvalue weighted by Gasteiger charge is -2.31. The number of thioether (sulfide) groups is 1. The molecule has 16 heteroatoms. The number of hydrogen-bond acceptors (Lipinski definition) is 10. The van der Waals surface area contributed by atoms with Crippen LogP contribution >= 0.6 is 11.8 Å². The summed E-state index contributed by atoms with van der Waals surface area (Å²) in [5.74, 6) is -2.61. The zero-order chi connectivity index (χ0) is 38.3. The van der Waals surface area contributed by atoms with Gasteiger partial charge in [0, 0.05) is 30.1 Å². The maximum atomic E-state index is 14.7. The van der Waals surface area contributed by atoms with Gasteiger partial charge in [0.25, 0.3) is 5.91 Å². The lowest BCUT2D eigenvalue weighted by atomic mass is 10.0. The molecule has 2 aliphatic carbocycles. The van der Waals surface area contributed by atoms with E-state index in [2.05, 4.69) is 20.7 Å². The molecule has 1 saturated heterocycles. The Labute approximate surface area is 323 Å². The van der Waals surface area contributed by atoms with Gasteiger partial charge in [-0.15, -0.1) is 0 Å². The number of rotatable bonds is 7. The molecule has 1 unspecified atom stereocenters. The lowest BCUT2D eigenvalue weighted by Crippen LogP contribution is -2.58. The fourth-order valence-electron chi connectivity index (χ4n) is 7.97. The average molecular weight is 793 g/mol. The van der Waals surface area contributed by atoms with E-state index in [4.69, 9.17) is 4.74 Å². The van der Waals surface area contributed by atoms with E-state index in [0.717, 1.165) is 36.9 Å². The number of fused-ring (bicyclic) bond motifs is 3. The van der Waals surface area contributed by atoms with Crippen LogP contribution in [0.5, 0.6) is 0 Å². The average Bonchev–Trinajstić information content (AvgIpc) is 3.97. The molecule has 292 valence electrons. The summed E-state index contributed by atoms with van der Waals surface area (Å²) >= 11 is 1.50. The maximum absolute atomic E-state index is 14.7. The molecule has 0 bridgehead atoms. The van der Waals surface area contributed by atoms with Crippen molar-refractivity contribution in [3.63, 3.8) is 0 Å². The number of sulfonamides is 1. The van der Waals surface area contributed by atoms with Gasteiger partial charge >= 0.3 is 6.09 Å². The molecule has 6 aliphatic rings. The van der Waals surface area contributed by atoms with E-state index >= 15 is 0 Å². The summed E-state index contributed by atoms with van der Waals surface area (Å²) in [5.41, 5.74) is 1.19. The number of carbonyl (C=O) groups excluding carboxylic acids is 4. The van der Waals surface area contributed by atoms with Gasteiger partial charge in [-0.3, -0.25) is 29.3 Å². The molecule has 4 aliphatic heterocycles. The molecule has 0 spiro atoms. The monoisotopic (exact) mass is 792 g/mol. The number of benzene rings is 2. The van der Waals surface area contributed by atoms with Crippen molar-refractivity contribution < 1.29 is 36.7 Å². The van der Waals surface area contributed by atoms with Crippen LogP contribution in [-0.4, -0.2) is 83.1 Å². The second-order valence-electron chi connectivity index (χ2n) is 15.3. The molecule has 0 aromatic heterocycles. The van der Waals surface area contributed by atoms with Gasteiger partial charge in [-0.05, 0) is 61.1 Å². The first-order chi connectivity index (χ1) is 26.5. The first kappa shape index (κ1) is 37.5. The SMILES string of the molecule is O=C1N[C@]2(C(=O)NS(=O)(=O)C3CC3)C[C@H]2/C=C\CCCCC[C@H](NC2NC(c3ccccc3)=CS2)C(=O)N2C[C@H](OC(=O)N3Cc4cccc(F)c4C3)C[C@@H]12. The van der Waals surface area contributed by atoms with Gasteiger partial charge in [-0.1, -0.05) is 79.2 Å². The zero-order valence-electron chi connectivity index (χ0n) is 30.2. The fraction of sp³-hybridized carbons (Fsp3) is 0.487. The summed E-state index contributed by atoms with van der Waals surface area (Å²) in [7, 11) is -3.90. The van der Waals surface area contributed by atoms with Crippen molar-refractivity contribution in [1.82, 2.24) is 30.5 Å². The Morgan fingerprint density at radius 1 is 1.00 bits per heavy atom. The topological polar surface area (TPSA) is 166 Å². The van der Waals surface area contributed by atoms with Crippen LogP contribution in [-0.2, 0) is 42.2 Å². The highest BCUT2D eigenvalue weighted by atomic mass is 32.2. The van der Waals surface area contributed by atoms with Crippen molar-refractivity contribution in [3.05, 3.63) is 88.6 Å². The minimum Gasteiger partial charge on any atom is -0.444 e. The molecule has 2 aromatic carbocycles. The minimum absolute atomic E-state index is 0.0352.